The molecule has 20 heavy (non-hydrogen) atoms. The Hall–Kier alpha value is -1.51. The highest BCUT2D eigenvalue weighted by Gasteiger charge is 2.23. The second-order valence-corrected chi connectivity index (χ2v) is 6.21. The molecule has 3 rings (SSSR count). The Morgan fingerprint density at radius 1 is 1.30 bits per heavy atom. The molecule has 0 bridgehead atoms. The van der Waals surface area contributed by atoms with E-state index in [0.29, 0.717) is 5.92 Å². The average Bonchev–Trinajstić information content (AvgIpc) is 2.99. The first-order chi connectivity index (χ1) is 9.75. The predicted octanol–water partition coefficient (Wildman–Crippen LogP) is 3.31. The van der Waals surface area contributed by atoms with Crippen LogP contribution in [0, 0.1) is 5.92 Å². The summed E-state index contributed by atoms with van der Waals surface area (Å²) < 4.78 is 0. The van der Waals surface area contributed by atoms with Gasteiger partial charge in [-0.3, -0.25) is 4.79 Å². The van der Waals surface area contributed by atoms with Gasteiger partial charge in [0.25, 0.3) is 5.91 Å². The molecular formula is C17H24N2O. The molecule has 1 saturated carbocycles. The second-order valence-electron chi connectivity index (χ2n) is 6.21. The summed E-state index contributed by atoms with van der Waals surface area (Å²) in [5.74, 6) is 0.875. The van der Waals surface area contributed by atoms with Crippen LogP contribution in [0.2, 0.25) is 0 Å². The molecule has 0 spiro atoms. The number of rotatable bonds is 3. The molecule has 1 aliphatic heterocycles. The number of carbonyl (C=O) groups is 1. The van der Waals surface area contributed by atoms with E-state index in [1.165, 1.54) is 31.2 Å². The summed E-state index contributed by atoms with van der Waals surface area (Å²) in [6, 6.07) is 6.11. The van der Waals surface area contributed by atoms with Crippen LogP contribution in [0.3, 0.4) is 0 Å². The highest BCUT2D eigenvalue weighted by atomic mass is 16.2. The SMILES string of the molecule is CN(CC1CCCC1)C(=O)c1cccc2c1NCCC2. The molecule has 3 nitrogen and oxygen atoms in total. The maximum absolute atomic E-state index is 12.7. The highest BCUT2D eigenvalue weighted by molar-refractivity contribution is 6.00. The van der Waals surface area contributed by atoms with Crippen LogP contribution in [-0.2, 0) is 6.42 Å². The number of fused-ring (bicyclic) bond motifs is 1. The van der Waals surface area contributed by atoms with E-state index in [9.17, 15) is 4.79 Å². The average molecular weight is 272 g/mol. The normalized spacial score (nSPS) is 18.4. The molecule has 0 unspecified atom stereocenters. The summed E-state index contributed by atoms with van der Waals surface area (Å²) in [4.78, 5) is 14.6. The maximum atomic E-state index is 12.7. The Balaban J connectivity index is 1.76. The minimum Gasteiger partial charge on any atom is -0.384 e. The van der Waals surface area contributed by atoms with Crippen LogP contribution in [0.1, 0.15) is 48.0 Å². The smallest absolute Gasteiger partial charge is 0.255 e. The molecule has 108 valence electrons. The first-order valence-electron chi connectivity index (χ1n) is 7.87. The molecule has 1 amide bonds. The van der Waals surface area contributed by atoms with Crippen molar-refractivity contribution in [1.82, 2.24) is 4.90 Å². The Morgan fingerprint density at radius 3 is 2.90 bits per heavy atom. The molecule has 3 heteroatoms. The minimum absolute atomic E-state index is 0.170. The van der Waals surface area contributed by atoms with E-state index < -0.39 is 0 Å². The third kappa shape index (κ3) is 2.67. The van der Waals surface area contributed by atoms with Crippen LogP contribution in [0.5, 0.6) is 0 Å². The molecule has 1 fully saturated rings. The fourth-order valence-corrected chi connectivity index (χ4v) is 3.56. The van der Waals surface area contributed by atoms with Gasteiger partial charge in [-0.2, -0.15) is 0 Å². The Morgan fingerprint density at radius 2 is 2.10 bits per heavy atom. The predicted molar refractivity (Wildman–Crippen MR) is 82.2 cm³/mol. The number of para-hydroxylation sites is 1. The number of nitrogens with one attached hydrogen (secondary N) is 1. The highest BCUT2D eigenvalue weighted by Crippen LogP contribution is 2.29. The zero-order valence-corrected chi connectivity index (χ0v) is 12.3. The molecule has 1 heterocycles. The second kappa shape index (κ2) is 5.86. The van der Waals surface area contributed by atoms with E-state index in [2.05, 4.69) is 11.4 Å². The van der Waals surface area contributed by atoms with Crippen molar-refractivity contribution in [3.8, 4) is 0 Å². The molecular weight excluding hydrogens is 248 g/mol. The number of carbonyl (C=O) groups excluding carboxylic acids is 1. The Bertz CT molecular complexity index is 492. The van der Waals surface area contributed by atoms with Crippen molar-refractivity contribution in [2.45, 2.75) is 38.5 Å². The van der Waals surface area contributed by atoms with Crippen molar-refractivity contribution >= 4 is 11.6 Å². The van der Waals surface area contributed by atoms with Crippen molar-refractivity contribution in [3.05, 3.63) is 29.3 Å². The zero-order chi connectivity index (χ0) is 13.9. The number of hydrogen-bond acceptors (Lipinski definition) is 2. The lowest BCUT2D eigenvalue weighted by Gasteiger charge is -2.25. The van der Waals surface area contributed by atoms with Gasteiger partial charge >= 0.3 is 0 Å². The van der Waals surface area contributed by atoms with Crippen LogP contribution in [0.4, 0.5) is 5.69 Å². The van der Waals surface area contributed by atoms with Crippen molar-refractivity contribution < 1.29 is 4.79 Å². The third-order valence-electron chi connectivity index (χ3n) is 4.66. The summed E-state index contributed by atoms with van der Waals surface area (Å²) in [5, 5.41) is 3.41. The van der Waals surface area contributed by atoms with Gasteiger partial charge in [-0.1, -0.05) is 25.0 Å². The van der Waals surface area contributed by atoms with Gasteiger partial charge in [0, 0.05) is 20.1 Å². The van der Waals surface area contributed by atoms with E-state index in [1.807, 2.05) is 24.1 Å². The summed E-state index contributed by atoms with van der Waals surface area (Å²) >= 11 is 0. The van der Waals surface area contributed by atoms with Crippen molar-refractivity contribution in [1.29, 1.82) is 0 Å². The van der Waals surface area contributed by atoms with E-state index in [-0.39, 0.29) is 5.91 Å². The quantitative estimate of drug-likeness (QED) is 0.915. The molecule has 0 atom stereocenters. The minimum atomic E-state index is 0.170. The molecule has 0 radical (unpaired) electrons. The molecule has 1 N–H and O–H groups in total. The molecule has 0 aromatic heterocycles. The van der Waals surface area contributed by atoms with Crippen molar-refractivity contribution in [2.75, 3.05) is 25.5 Å². The van der Waals surface area contributed by atoms with Crippen LogP contribution in [0.15, 0.2) is 18.2 Å². The molecule has 1 aliphatic carbocycles. The summed E-state index contributed by atoms with van der Waals surface area (Å²) in [7, 11) is 1.95. The fraction of sp³-hybridized carbons (Fsp3) is 0.588. The number of nitrogens with zero attached hydrogens (tertiary/aromatic N) is 1. The van der Waals surface area contributed by atoms with E-state index in [4.69, 9.17) is 0 Å². The Kier molecular flexibility index (Phi) is 3.95. The van der Waals surface area contributed by atoms with Gasteiger partial charge in [-0.25, -0.2) is 0 Å². The molecule has 2 aliphatic rings. The van der Waals surface area contributed by atoms with Crippen LogP contribution in [-0.4, -0.2) is 30.9 Å². The third-order valence-corrected chi connectivity index (χ3v) is 4.66. The zero-order valence-electron chi connectivity index (χ0n) is 12.3. The fourth-order valence-electron chi connectivity index (χ4n) is 3.56. The van der Waals surface area contributed by atoms with Gasteiger partial charge in [0.1, 0.15) is 0 Å². The Labute approximate surface area is 121 Å². The molecule has 1 aromatic carbocycles. The standard InChI is InChI=1S/C17H24N2O/c1-19(12-13-6-2-3-7-13)17(20)15-10-4-8-14-9-5-11-18-16(14)15/h4,8,10,13,18H,2-3,5-7,9,11-12H2,1H3. The van der Waals surface area contributed by atoms with Crippen LogP contribution < -0.4 is 5.32 Å². The summed E-state index contributed by atoms with van der Waals surface area (Å²) in [6.45, 7) is 1.88. The van der Waals surface area contributed by atoms with Gasteiger partial charge in [0.05, 0.1) is 11.3 Å². The van der Waals surface area contributed by atoms with E-state index in [0.717, 1.165) is 37.2 Å². The monoisotopic (exact) mass is 272 g/mol. The summed E-state index contributed by atoms with van der Waals surface area (Å²) in [5.41, 5.74) is 3.21. The van der Waals surface area contributed by atoms with Gasteiger partial charge in [0.15, 0.2) is 0 Å². The first kappa shape index (κ1) is 13.5. The summed E-state index contributed by atoms with van der Waals surface area (Å²) in [6.07, 6.45) is 7.45. The lowest BCUT2D eigenvalue weighted by Crippen LogP contribution is -2.32. The maximum Gasteiger partial charge on any atom is 0.255 e. The van der Waals surface area contributed by atoms with Crippen LogP contribution >= 0.6 is 0 Å². The number of hydrogen-bond donors (Lipinski definition) is 1. The topological polar surface area (TPSA) is 32.3 Å². The van der Waals surface area contributed by atoms with Gasteiger partial charge < -0.3 is 10.2 Å². The number of aryl methyl sites for hydroxylation is 1. The van der Waals surface area contributed by atoms with E-state index in [1.54, 1.807) is 0 Å². The van der Waals surface area contributed by atoms with Gasteiger partial charge in [-0.05, 0) is 43.2 Å². The molecule has 1 aromatic rings. The van der Waals surface area contributed by atoms with Gasteiger partial charge in [-0.15, -0.1) is 0 Å². The first-order valence-corrected chi connectivity index (χ1v) is 7.87. The number of benzene rings is 1. The lowest BCUT2D eigenvalue weighted by molar-refractivity contribution is 0.0774. The van der Waals surface area contributed by atoms with Crippen LogP contribution in [0.25, 0.3) is 0 Å². The van der Waals surface area contributed by atoms with Crippen molar-refractivity contribution in [2.24, 2.45) is 5.92 Å². The number of anilines is 1. The number of amides is 1. The molecule has 0 saturated heterocycles. The van der Waals surface area contributed by atoms with Gasteiger partial charge in [0.2, 0.25) is 0 Å². The van der Waals surface area contributed by atoms with E-state index >= 15 is 0 Å². The lowest BCUT2D eigenvalue weighted by atomic mass is 9.98. The largest absolute Gasteiger partial charge is 0.384 e. The van der Waals surface area contributed by atoms with Crippen molar-refractivity contribution in [3.63, 3.8) is 0 Å².